The van der Waals surface area contributed by atoms with Crippen LogP contribution in [0.3, 0.4) is 0 Å². The highest BCUT2D eigenvalue weighted by Gasteiger charge is 2.10. The van der Waals surface area contributed by atoms with Gasteiger partial charge in [-0.2, -0.15) is 0 Å². The number of hydrogen-bond acceptors (Lipinski definition) is 5. The molecule has 0 saturated carbocycles. The molecule has 0 spiro atoms. The van der Waals surface area contributed by atoms with Crippen molar-refractivity contribution in [3.8, 4) is 0 Å². The number of carboxylic acids is 2. The molecule has 0 aromatic heterocycles. The zero-order chi connectivity index (χ0) is 27.7. The van der Waals surface area contributed by atoms with Gasteiger partial charge in [0, 0.05) is 45.4 Å². The molecule has 2 amide bonds. The van der Waals surface area contributed by atoms with E-state index in [1.165, 1.54) is 32.1 Å². The van der Waals surface area contributed by atoms with Crippen molar-refractivity contribution in [1.29, 1.82) is 0 Å². The molecule has 0 heterocycles. The van der Waals surface area contributed by atoms with Crippen LogP contribution in [0.25, 0.3) is 0 Å². The molecular formula is C28H53N3O6. The maximum absolute atomic E-state index is 12.0. The minimum atomic E-state index is -0.776. The SMILES string of the molecule is C[C@@H](CCCCNC(=O)CCN(C)CCNC(=O)CCCCCCCCCCCCCC(=O)O)C(=O)O. The molecule has 0 aliphatic carbocycles. The van der Waals surface area contributed by atoms with Crippen molar-refractivity contribution in [2.75, 3.05) is 33.2 Å². The molecule has 0 bridgehead atoms. The minimum absolute atomic E-state index is 0.00449. The lowest BCUT2D eigenvalue weighted by molar-refractivity contribution is -0.141. The Morgan fingerprint density at radius 1 is 0.622 bits per heavy atom. The van der Waals surface area contributed by atoms with Crippen LogP contribution in [0.2, 0.25) is 0 Å². The number of hydrogen-bond donors (Lipinski definition) is 4. The second-order valence-electron chi connectivity index (χ2n) is 10.3. The van der Waals surface area contributed by atoms with E-state index in [-0.39, 0.29) is 24.2 Å². The highest BCUT2D eigenvalue weighted by Crippen LogP contribution is 2.12. The standard InChI is InChI=1S/C28H53N3O6/c1-24(28(36)37)16-14-15-20-29-26(33)19-22-31(2)23-21-30-25(32)17-12-10-8-6-4-3-5-7-9-11-13-18-27(34)35/h24H,3-23H2,1-2H3,(H,29,33)(H,30,32)(H,34,35)(H,36,37)/t24-/m0/s1. The predicted molar refractivity (Wildman–Crippen MR) is 146 cm³/mol. The van der Waals surface area contributed by atoms with Crippen LogP contribution in [0.1, 0.15) is 116 Å². The summed E-state index contributed by atoms with van der Waals surface area (Å²) in [4.78, 5) is 47.2. The fourth-order valence-corrected chi connectivity index (χ4v) is 4.05. The summed E-state index contributed by atoms with van der Waals surface area (Å²) in [6, 6.07) is 0. The normalized spacial score (nSPS) is 11.9. The summed E-state index contributed by atoms with van der Waals surface area (Å²) in [5, 5.41) is 23.3. The largest absolute Gasteiger partial charge is 0.481 e. The third kappa shape index (κ3) is 25.3. The Morgan fingerprint density at radius 2 is 1.11 bits per heavy atom. The number of aliphatic carboxylic acids is 2. The summed E-state index contributed by atoms with van der Waals surface area (Å²) in [5.74, 6) is -1.73. The van der Waals surface area contributed by atoms with E-state index in [1.54, 1.807) is 6.92 Å². The summed E-state index contributed by atoms with van der Waals surface area (Å²) in [6.07, 6.45) is 15.7. The van der Waals surface area contributed by atoms with Gasteiger partial charge in [-0.3, -0.25) is 19.2 Å². The molecule has 0 radical (unpaired) electrons. The number of nitrogens with zero attached hydrogens (tertiary/aromatic N) is 1. The fraction of sp³-hybridized carbons (Fsp3) is 0.857. The number of amides is 2. The molecule has 0 fully saturated rings. The van der Waals surface area contributed by atoms with E-state index in [1.807, 2.05) is 11.9 Å². The zero-order valence-corrected chi connectivity index (χ0v) is 23.4. The average Bonchev–Trinajstić information content (AvgIpc) is 2.84. The van der Waals surface area contributed by atoms with Gasteiger partial charge >= 0.3 is 11.9 Å². The van der Waals surface area contributed by atoms with Crippen LogP contribution < -0.4 is 10.6 Å². The lowest BCUT2D eigenvalue weighted by Gasteiger charge is -2.16. The maximum atomic E-state index is 12.0. The number of carbonyl (C=O) groups is 4. The van der Waals surface area contributed by atoms with E-state index >= 15 is 0 Å². The number of carbonyl (C=O) groups excluding carboxylic acids is 2. The molecule has 0 aromatic rings. The molecule has 0 aromatic carbocycles. The molecule has 9 nitrogen and oxygen atoms in total. The van der Waals surface area contributed by atoms with Crippen LogP contribution in [0.5, 0.6) is 0 Å². The average molecular weight is 528 g/mol. The third-order valence-electron chi connectivity index (χ3n) is 6.64. The summed E-state index contributed by atoms with van der Waals surface area (Å²) < 4.78 is 0. The number of unbranched alkanes of at least 4 members (excludes halogenated alkanes) is 11. The van der Waals surface area contributed by atoms with E-state index in [9.17, 15) is 19.2 Å². The Balaban J connectivity index is 3.46. The number of nitrogens with one attached hydrogen (secondary N) is 2. The first-order valence-electron chi connectivity index (χ1n) is 14.4. The van der Waals surface area contributed by atoms with Gasteiger partial charge < -0.3 is 25.7 Å². The first kappa shape index (κ1) is 34.8. The Morgan fingerprint density at radius 3 is 1.65 bits per heavy atom. The van der Waals surface area contributed by atoms with Crippen LogP contribution in [-0.4, -0.2) is 72.1 Å². The van der Waals surface area contributed by atoms with E-state index < -0.39 is 11.9 Å². The van der Waals surface area contributed by atoms with Crippen molar-refractivity contribution in [1.82, 2.24) is 15.5 Å². The molecule has 4 N–H and O–H groups in total. The fourth-order valence-electron chi connectivity index (χ4n) is 4.05. The number of likely N-dealkylation sites (N-methyl/N-ethyl adjacent to an activating group) is 1. The summed E-state index contributed by atoms with van der Waals surface area (Å²) in [5.41, 5.74) is 0. The molecule has 0 rings (SSSR count). The van der Waals surface area contributed by atoms with Crippen molar-refractivity contribution < 1.29 is 29.4 Å². The zero-order valence-electron chi connectivity index (χ0n) is 23.4. The number of carboxylic acid groups (broad SMARTS) is 2. The predicted octanol–water partition coefficient (Wildman–Crippen LogP) is 4.59. The van der Waals surface area contributed by atoms with Gasteiger partial charge in [0.1, 0.15) is 0 Å². The summed E-state index contributed by atoms with van der Waals surface area (Å²) >= 11 is 0. The first-order valence-corrected chi connectivity index (χ1v) is 14.4. The topological polar surface area (TPSA) is 136 Å². The quantitative estimate of drug-likeness (QED) is 0.121. The summed E-state index contributed by atoms with van der Waals surface area (Å²) in [6.45, 7) is 4.18. The Kier molecular flexibility index (Phi) is 22.8. The van der Waals surface area contributed by atoms with Crippen molar-refractivity contribution >= 4 is 23.8 Å². The highest BCUT2D eigenvalue weighted by atomic mass is 16.4. The maximum Gasteiger partial charge on any atom is 0.306 e. The van der Waals surface area contributed by atoms with Crippen molar-refractivity contribution in [2.24, 2.45) is 5.92 Å². The molecule has 0 saturated heterocycles. The van der Waals surface area contributed by atoms with Gasteiger partial charge in [0.15, 0.2) is 0 Å². The smallest absolute Gasteiger partial charge is 0.306 e. The monoisotopic (exact) mass is 527 g/mol. The van der Waals surface area contributed by atoms with Crippen LogP contribution in [0.15, 0.2) is 0 Å². The second-order valence-corrected chi connectivity index (χ2v) is 10.3. The minimum Gasteiger partial charge on any atom is -0.481 e. The van der Waals surface area contributed by atoms with Crippen LogP contribution >= 0.6 is 0 Å². The van der Waals surface area contributed by atoms with Gasteiger partial charge in [-0.05, 0) is 32.7 Å². The van der Waals surface area contributed by atoms with Crippen molar-refractivity contribution in [3.05, 3.63) is 0 Å². The third-order valence-corrected chi connectivity index (χ3v) is 6.64. The molecule has 0 aliphatic heterocycles. The van der Waals surface area contributed by atoms with Gasteiger partial charge in [0.05, 0.1) is 5.92 Å². The Labute approximate surface area is 224 Å². The molecule has 1 atom stereocenters. The molecule has 0 aliphatic rings. The lowest BCUT2D eigenvalue weighted by atomic mass is 10.0. The molecule has 216 valence electrons. The Hall–Kier alpha value is -2.16. The number of rotatable bonds is 26. The van der Waals surface area contributed by atoms with E-state index in [2.05, 4.69) is 10.6 Å². The van der Waals surface area contributed by atoms with Crippen molar-refractivity contribution in [2.45, 2.75) is 116 Å². The van der Waals surface area contributed by atoms with Crippen LogP contribution in [0, 0.1) is 5.92 Å². The van der Waals surface area contributed by atoms with Gasteiger partial charge in [0.25, 0.3) is 0 Å². The highest BCUT2D eigenvalue weighted by molar-refractivity contribution is 5.76. The Bertz CT molecular complexity index is 629. The van der Waals surface area contributed by atoms with Crippen LogP contribution in [0.4, 0.5) is 0 Å². The van der Waals surface area contributed by atoms with Crippen molar-refractivity contribution in [3.63, 3.8) is 0 Å². The molecule has 37 heavy (non-hydrogen) atoms. The lowest BCUT2D eigenvalue weighted by Crippen LogP contribution is -2.35. The summed E-state index contributed by atoms with van der Waals surface area (Å²) in [7, 11) is 1.94. The molecular weight excluding hydrogens is 474 g/mol. The van der Waals surface area contributed by atoms with Gasteiger partial charge in [-0.15, -0.1) is 0 Å². The van der Waals surface area contributed by atoms with Crippen LogP contribution in [-0.2, 0) is 19.2 Å². The van der Waals surface area contributed by atoms with E-state index in [4.69, 9.17) is 10.2 Å². The first-order chi connectivity index (χ1) is 17.7. The molecule has 0 unspecified atom stereocenters. The second kappa shape index (κ2) is 24.2. The van der Waals surface area contributed by atoms with E-state index in [0.29, 0.717) is 45.4 Å². The molecule has 9 heteroatoms. The van der Waals surface area contributed by atoms with Gasteiger partial charge in [-0.1, -0.05) is 71.1 Å². The van der Waals surface area contributed by atoms with E-state index in [0.717, 1.165) is 51.4 Å². The van der Waals surface area contributed by atoms with Gasteiger partial charge in [-0.25, -0.2) is 0 Å². The van der Waals surface area contributed by atoms with Gasteiger partial charge in [0.2, 0.25) is 11.8 Å².